The van der Waals surface area contributed by atoms with Crippen LogP contribution in [0.2, 0.25) is 0 Å². The maximum absolute atomic E-state index is 13.2. The van der Waals surface area contributed by atoms with E-state index in [0.29, 0.717) is 11.5 Å². The van der Waals surface area contributed by atoms with E-state index in [9.17, 15) is 14.4 Å². The molecule has 4 rings (SSSR count). The number of thioether (sulfide) groups is 1. The van der Waals surface area contributed by atoms with Gasteiger partial charge in [-0.15, -0.1) is 11.8 Å². The largest absolute Gasteiger partial charge is 0.484 e. The number of carbonyl (C=O) groups is 3. The molecule has 8 nitrogen and oxygen atoms in total. The van der Waals surface area contributed by atoms with Crippen LogP contribution in [0.5, 0.6) is 11.5 Å². The van der Waals surface area contributed by atoms with Gasteiger partial charge in [-0.2, -0.15) is 5.06 Å². The molecule has 0 radical (unpaired) electrons. The summed E-state index contributed by atoms with van der Waals surface area (Å²) in [5.74, 6) is -0.406. The number of methoxy groups -OCH3 is 1. The first-order valence-electron chi connectivity index (χ1n) is 10.1. The van der Waals surface area contributed by atoms with Crippen LogP contribution in [-0.4, -0.2) is 63.7 Å². The Bertz CT molecular complexity index is 1000. The summed E-state index contributed by atoms with van der Waals surface area (Å²) in [6.45, 7) is 3.46. The minimum Gasteiger partial charge on any atom is -0.484 e. The molecule has 2 heterocycles. The summed E-state index contributed by atoms with van der Waals surface area (Å²) >= 11 is 1.44. The topological polar surface area (TPSA) is 85.4 Å². The number of ether oxygens (including phenoxy) is 2. The first-order chi connectivity index (χ1) is 15.3. The zero-order valence-corrected chi connectivity index (χ0v) is 18.8. The van der Waals surface area contributed by atoms with Gasteiger partial charge in [0.1, 0.15) is 17.2 Å². The van der Waals surface area contributed by atoms with E-state index in [1.807, 2.05) is 26.0 Å². The number of nitrogens with zero attached hydrogens (tertiary/aromatic N) is 2. The van der Waals surface area contributed by atoms with Gasteiger partial charge in [0.2, 0.25) is 0 Å². The van der Waals surface area contributed by atoms with Gasteiger partial charge >= 0.3 is 5.97 Å². The summed E-state index contributed by atoms with van der Waals surface area (Å²) in [6, 6.07) is 16.1. The third-order valence-corrected chi connectivity index (χ3v) is 6.95. The summed E-state index contributed by atoms with van der Waals surface area (Å²) in [4.78, 5) is 46.0. The van der Waals surface area contributed by atoms with Gasteiger partial charge < -0.3 is 19.2 Å². The Hall–Kier alpha value is -3.20. The van der Waals surface area contributed by atoms with Gasteiger partial charge in [-0.05, 0) is 38.1 Å². The Morgan fingerprint density at radius 3 is 2.22 bits per heavy atom. The number of hydrogen-bond acceptors (Lipinski definition) is 7. The lowest BCUT2D eigenvalue weighted by molar-refractivity contribution is -0.195. The van der Waals surface area contributed by atoms with E-state index in [1.165, 1.54) is 23.8 Å². The Balaban J connectivity index is 1.57. The van der Waals surface area contributed by atoms with Crippen molar-refractivity contribution < 1.29 is 28.7 Å². The number of hydrogen-bond donors (Lipinski definition) is 0. The number of esters is 1. The van der Waals surface area contributed by atoms with E-state index in [4.69, 9.17) is 14.3 Å². The molecule has 0 spiro atoms. The average Bonchev–Trinajstić information content (AvgIpc) is 3.05. The molecule has 9 heteroatoms. The van der Waals surface area contributed by atoms with Crippen molar-refractivity contribution in [2.75, 3.05) is 13.7 Å². The zero-order valence-electron chi connectivity index (χ0n) is 18.0. The molecule has 2 aliphatic heterocycles. The van der Waals surface area contributed by atoms with Crippen LogP contribution in [0.25, 0.3) is 0 Å². The SMILES string of the molecule is COC(=O)C1N2C(=O)C(N(Oc3ccccc3)C(=O)COc3ccccc3)[C@H]2SC1(C)C. The average molecular weight is 457 g/mol. The predicted molar refractivity (Wildman–Crippen MR) is 118 cm³/mol. The van der Waals surface area contributed by atoms with Gasteiger partial charge in [-0.25, -0.2) is 4.79 Å². The summed E-state index contributed by atoms with van der Waals surface area (Å²) < 4.78 is 9.93. The van der Waals surface area contributed by atoms with Gasteiger partial charge in [0.15, 0.2) is 18.4 Å². The van der Waals surface area contributed by atoms with Gasteiger partial charge in [-0.1, -0.05) is 36.4 Å². The summed E-state index contributed by atoms with van der Waals surface area (Å²) in [7, 11) is 1.30. The van der Waals surface area contributed by atoms with Crippen LogP contribution in [0.15, 0.2) is 60.7 Å². The van der Waals surface area contributed by atoms with Crippen molar-refractivity contribution in [3.63, 3.8) is 0 Å². The number of fused-ring (bicyclic) bond motifs is 1. The molecule has 2 aromatic carbocycles. The predicted octanol–water partition coefficient (Wildman–Crippen LogP) is 2.49. The Morgan fingerprint density at radius 2 is 1.62 bits per heavy atom. The molecule has 32 heavy (non-hydrogen) atoms. The van der Waals surface area contributed by atoms with Crippen molar-refractivity contribution in [2.24, 2.45) is 0 Å². The Morgan fingerprint density at radius 1 is 1.03 bits per heavy atom. The van der Waals surface area contributed by atoms with E-state index >= 15 is 0 Å². The standard InChI is InChI=1S/C23H24N2O6S/c1-23(2)19(22(28)29-3)24-20(27)18(21(24)32-23)25(31-16-12-8-5-9-13-16)17(26)14-30-15-10-6-4-7-11-15/h4-13,18-19,21H,14H2,1-3H3/t18?,19?,21-/m1/s1. The summed E-state index contributed by atoms with van der Waals surface area (Å²) in [6.07, 6.45) is 0. The molecule has 0 aliphatic carbocycles. The molecular formula is C23H24N2O6S. The van der Waals surface area contributed by atoms with E-state index < -0.39 is 34.1 Å². The lowest BCUT2D eigenvalue weighted by Gasteiger charge is -2.47. The van der Waals surface area contributed by atoms with Crippen LogP contribution in [0.4, 0.5) is 0 Å². The van der Waals surface area contributed by atoms with Crippen molar-refractivity contribution >= 4 is 29.5 Å². The Labute approximate surface area is 190 Å². The number of para-hydroxylation sites is 2. The molecule has 2 amide bonds. The fourth-order valence-electron chi connectivity index (χ4n) is 3.88. The maximum Gasteiger partial charge on any atom is 0.330 e. The molecule has 2 aliphatic rings. The van der Waals surface area contributed by atoms with E-state index in [1.54, 1.807) is 48.5 Å². The second-order valence-corrected chi connectivity index (χ2v) is 9.72. The smallest absolute Gasteiger partial charge is 0.330 e. The fraction of sp³-hybridized carbons (Fsp3) is 0.348. The second-order valence-electron chi connectivity index (χ2n) is 7.95. The van der Waals surface area contributed by atoms with Crippen molar-refractivity contribution in [3.8, 4) is 11.5 Å². The number of hydroxylamine groups is 2. The number of amides is 2. The first-order valence-corrected chi connectivity index (χ1v) is 11.0. The molecule has 0 bridgehead atoms. The molecule has 168 valence electrons. The van der Waals surface area contributed by atoms with Crippen molar-refractivity contribution in [1.29, 1.82) is 0 Å². The molecular weight excluding hydrogens is 432 g/mol. The highest BCUT2D eigenvalue weighted by Gasteiger charge is 2.67. The lowest BCUT2D eigenvalue weighted by atomic mass is 9.96. The quantitative estimate of drug-likeness (QED) is 0.360. The maximum atomic E-state index is 13.2. The second kappa shape index (κ2) is 8.74. The van der Waals surface area contributed by atoms with Crippen LogP contribution >= 0.6 is 11.8 Å². The highest BCUT2D eigenvalue weighted by molar-refractivity contribution is 8.01. The van der Waals surface area contributed by atoms with Crippen LogP contribution < -0.4 is 9.57 Å². The molecule has 0 aromatic heterocycles. The van der Waals surface area contributed by atoms with Crippen LogP contribution in [0.3, 0.4) is 0 Å². The molecule has 2 unspecified atom stereocenters. The minimum absolute atomic E-state index is 0.304. The number of carbonyl (C=O) groups excluding carboxylic acids is 3. The molecule has 0 saturated carbocycles. The summed E-state index contributed by atoms with van der Waals surface area (Å²) in [5.41, 5.74) is 0. The highest BCUT2D eigenvalue weighted by atomic mass is 32.2. The fourth-order valence-corrected chi connectivity index (χ4v) is 5.54. The molecule has 2 aromatic rings. The van der Waals surface area contributed by atoms with Crippen LogP contribution in [0.1, 0.15) is 13.8 Å². The molecule has 3 atom stereocenters. The first kappa shape index (κ1) is 22.0. The minimum atomic E-state index is -0.888. The van der Waals surface area contributed by atoms with E-state index in [0.717, 1.165) is 5.06 Å². The van der Waals surface area contributed by atoms with Crippen molar-refractivity contribution in [3.05, 3.63) is 60.7 Å². The van der Waals surface area contributed by atoms with Gasteiger partial charge in [0.25, 0.3) is 11.8 Å². The van der Waals surface area contributed by atoms with E-state index in [2.05, 4.69) is 0 Å². The van der Waals surface area contributed by atoms with E-state index in [-0.39, 0.29) is 12.5 Å². The number of benzene rings is 2. The summed E-state index contributed by atoms with van der Waals surface area (Å²) in [5, 5.41) is 0.635. The number of rotatable bonds is 7. The monoisotopic (exact) mass is 456 g/mol. The van der Waals surface area contributed by atoms with Crippen LogP contribution in [-0.2, 0) is 19.1 Å². The van der Waals surface area contributed by atoms with Crippen molar-refractivity contribution in [2.45, 2.75) is 36.1 Å². The third kappa shape index (κ3) is 4.00. The highest BCUT2D eigenvalue weighted by Crippen LogP contribution is 2.52. The van der Waals surface area contributed by atoms with Gasteiger partial charge in [-0.3, -0.25) is 9.59 Å². The molecule has 2 saturated heterocycles. The zero-order chi connectivity index (χ0) is 22.9. The molecule has 0 N–H and O–H groups in total. The van der Waals surface area contributed by atoms with Gasteiger partial charge in [0.05, 0.1) is 7.11 Å². The Kier molecular flexibility index (Phi) is 6.01. The van der Waals surface area contributed by atoms with Crippen LogP contribution in [0, 0.1) is 0 Å². The number of β-lactam (4-membered cyclic amide) rings is 1. The lowest BCUT2D eigenvalue weighted by Crippen LogP contribution is -2.72. The van der Waals surface area contributed by atoms with Gasteiger partial charge in [0, 0.05) is 4.75 Å². The van der Waals surface area contributed by atoms with Crippen molar-refractivity contribution in [1.82, 2.24) is 9.96 Å². The normalized spacial score (nSPS) is 23.0. The molecule has 2 fully saturated rings. The third-order valence-electron chi connectivity index (χ3n) is 5.39.